The van der Waals surface area contributed by atoms with E-state index >= 15 is 0 Å². The fourth-order valence-electron chi connectivity index (χ4n) is 7.08. The maximum absolute atomic E-state index is 12.2. The van der Waals surface area contributed by atoms with Gasteiger partial charge in [-0.3, -0.25) is 0 Å². The van der Waals surface area contributed by atoms with E-state index in [1.807, 2.05) is 19.1 Å². The van der Waals surface area contributed by atoms with Crippen molar-refractivity contribution in [3.8, 4) is 5.75 Å². The van der Waals surface area contributed by atoms with Crippen LogP contribution in [0.25, 0.3) is 11.0 Å². The molecular formula is C57H82O5. The maximum atomic E-state index is 12.2. The molecule has 0 unspecified atom stereocenters. The summed E-state index contributed by atoms with van der Waals surface area (Å²) in [6.07, 6.45) is 39.0. The summed E-state index contributed by atoms with van der Waals surface area (Å²) >= 11 is 0. The highest BCUT2D eigenvalue weighted by atomic mass is 16.6. The predicted molar refractivity (Wildman–Crippen MR) is 267 cm³/mol. The van der Waals surface area contributed by atoms with E-state index in [1.165, 1.54) is 69.1 Å². The van der Waals surface area contributed by atoms with E-state index in [2.05, 4.69) is 118 Å². The van der Waals surface area contributed by atoms with Gasteiger partial charge in [-0.25, -0.2) is 9.59 Å². The predicted octanol–water partition coefficient (Wildman–Crippen LogP) is 16.8. The lowest BCUT2D eigenvalue weighted by Gasteiger charge is -2.07. The minimum atomic E-state index is -0.450. The van der Waals surface area contributed by atoms with Crippen LogP contribution in [0.5, 0.6) is 5.75 Å². The third-order valence-electron chi connectivity index (χ3n) is 11.3. The first-order valence-corrected chi connectivity index (χ1v) is 23.3. The second-order valence-corrected chi connectivity index (χ2v) is 17.9. The molecule has 340 valence electrons. The summed E-state index contributed by atoms with van der Waals surface area (Å²) in [4.78, 5) is 23.9. The van der Waals surface area contributed by atoms with Crippen molar-refractivity contribution < 1.29 is 18.7 Å². The molecule has 0 aliphatic carbocycles. The zero-order valence-corrected chi connectivity index (χ0v) is 40.8. The number of fused-ring (bicyclic) bond motifs is 1. The molecule has 1 aromatic heterocycles. The van der Waals surface area contributed by atoms with Gasteiger partial charge in [-0.15, -0.1) is 0 Å². The van der Waals surface area contributed by atoms with Crippen molar-refractivity contribution in [1.82, 2.24) is 0 Å². The fourth-order valence-corrected chi connectivity index (χ4v) is 7.08. The molecule has 0 N–H and O–H groups in total. The Bertz CT molecular complexity index is 2030. The Morgan fingerprint density at radius 1 is 0.500 bits per heavy atom. The molecule has 1 aromatic carbocycles. The van der Waals surface area contributed by atoms with Crippen LogP contribution in [0.1, 0.15) is 178 Å². The number of benzene rings is 1. The molecule has 0 atom stereocenters. The summed E-state index contributed by atoms with van der Waals surface area (Å²) in [5, 5.41) is 0.831. The first-order valence-electron chi connectivity index (χ1n) is 23.3. The third kappa shape index (κ3) is 26.0. The fraction of sp³-hybridized carbons (Fsp3) is 0.509. The highest BCUT2D eigenvalue weighted by Gasteiger charge is 2.08. The number of carbonyl (C=O) groups excluding carboxylic acids is 1. The van der Waals surface area contributed by atoms with Gasteiger partial charge in [-0.1, -0.05) is 98.8 Å². The van der Waals surface area contributed by atoms with Crippen LogP contribution in [0.4, 0.5) is 0 Å². The summed E-state index contributed by atoms with van der Waals surface area (Å²) in [6.45, 7) is 24.2. The Hall–Kier alpha value is -4.64. The Labute approximate surface area is 377 Å². The molecule has 0 aliphatic rings. The van der Waals surface area contributed by atoms with E-state index < -0.39 is 11.6 Å². The molecule has 0 bridgehead atoms. The van der Waals surface area contributed by atoms with Gasteiger partial charge in [0.15, 0.2) is 6.61 Å². The monoisotopic (exact) mass is 847 g/mol. The van der Waals surface area contributed by atoms with Crippen molar-refractivity contribution in [2.24, 2.45) is 0 Å². The van der Waals surface area contributed by atoms with E-state index in [1.54, 1.807) is 12.1 Å². The molecule has 0 saturated heterocycles. The molecule has 2 aromatic rings. The van der Waals surface area contributed by atoms with E-state index in [0.717, 1.165) is 101 Å². The minimum Gasteiger partial charge on any atom is -0.482 e. The largest absolute Gasteiger partial charge is 0.482 e. The van der Waals surface area contributed by atoms with Gasteiger partial charge in [0.25, 0.3) is 0 Å². The smallest absolute Gasteiger partial charge is 0.344 e. The Morgan fingerprint density at radius 3 is 1.23 bits per heavy atom. The zero-order valence-electron chi connectivity index (χ0n) is 40.8. The highest BCUT2D eigenvalue weighted by Crippen LogP contribution is 2.23. The second kappa shape index (κ2) is 31.2. The quantitative estimate of drug-likeness (QED) is 0.0463. The average Bonchev–Trinajstić information content (AvgIpc) is 3.19. The van der Waals surface area contributed by atoms with Gasteiger partial charge >= 0.3 is 11.6 Å². The maximum Gasteiger partial charge on any atom is 0.344 e. The van der Waals surface area contributed by atoms with E-state index in [4.69, 9.17) is 13.9 Å². The van der Waals surface area contributed by atoms with Gasteiger partial charge in [-0.05, 0) is 203 Å². The van der Waals surface area contributed by atoms with Crippen LogP contribution in [-0.4, -0.2) is 19.2 Å². The van der Waals surface area contributed by atoms with Crippen molar-refractivity contribution in [3.05, 3.63) is 145 Å². The summed E-state index contributed by atoms with van der Waals surface area (Å²) in [6, 6.07) is 6.63. The van der Waals surface area contributed by atoms with Crippen LogP contribution in [0.2, 0.25) is 0 Å². The lowest BCUT2D eigenvalue weighted by Crippen LogP contribution is -2.15. The summed E-state index contributed by atoms with van der Waals surface area (Å²) < 4.78 is 16.1. The number of ether oxygens (including phenoxy) is 2. The summed E-state index contributed by atoms with van der Waals surface area (Å²) in [7, 11) is 0. The topological polar surface area (TPSA) is 65.7 Å². The number of rotatable bonds is 29. The number of esters is 1. The molecule has 0 fully saturated rings. The molecule has 5 nitrogen and oxygen atoms in total. The molecule has 2 rings (SSSR count). The summed E-state index contributed by atoms with van der Waals surface area (Å²) in [5.41, 5.74) is 13.9. The van der Waals surface area contributed by atoms with Crippen molar-refractivity contribution in [3.63, 3.8) is 0 Å². The van der Waals surface area contributed by atoms with E-state index in [9.17, 15) is 9.59 Å². The molecule has 0 spiro atoms. The lowest BCUT2D eigenvalue weighted by molar-refractivity contribution is -0.144. The van der Waals surface area contributed by atoms with E-state index in [0.29, 0.717) is 11.3 Å². The van der Waals surface area contributed by atoms with Gasteiger partial charge in [0.05, 0.1) is 0 Å². The number of hydrogen-bond donors (Lipinski definition) is 0. The molecule has 62 heavy (non-hydrogen) atoms. The Morgan fingerprint density at radius 2 is 0.855 bits per heavy atom. The molecule has 1 heterocycles. The van der Waals surface area contributed by atoms with Gasteiger partial charge in [0.1, 0.15) is 17.9 Å². The minimum absolute atomic E-state index is 0.214. The van der Waals surface area contributed by atoms with Crippen molar-refractivity contribution in [1.29, 1.82) is 0 Å². The van der Waals surface area contributed by atoms with Gasteiger partial charge in [0.2, 0.25) is 0 Å². The number of aryl methyl sites for hydroxylation is 1. The van der Waals surface area contributed by atoms with Gasteiger partial charge in [0, 0.05) is 17.5 Å². The standard InChI is InChI=1S/C57H82O5/c1-43(2)20-12-21-44(3)22-13-23-45(4)24-14-25-46(5)26-15-27-47(6)28-16-29-48(7)30-17-31-49(8)32-18-33-50(9)34-19-35-51(10)38-39-60-57(59)42-61-53-36-37-54-52(11)40-56(58)62-55(54)41-53/h20,22,24,26,28,30,32,34,36-38,40-41H,12-19,21,23,25,27,29,31,33,35,39,42H2,1-11H3/b44-22+,45-24+,46-26+,47-28+,48-30+,49-32+,50-34+,51-38+. The molecule has 0 aliphatic heterocycles. The van der Waals surface area contributed by atoms with Crippen LogP contribution >= 0.6 is 0 Å². The SMILES string of the molecule is CC(C)=CCC/C(C)=C/CC/C(C)=C/CC/C(C)=C/CC/C(C)=C/CC/C(C)=C/CC/C(C)=C/CC/C(C)=C/CC/C(C)=C/COC(=O)COc1ccc2c(C)cc(=O)oc2c1. The normalized spacial score (nSPS) is 13.9. The number of carbonyl (C=O) groups is 1. The molecule has 5 heteroatoms. The van der Waals surface area contributed by atoms with Gasteiger partial charge < -0.3 is 13.9 Å². The average molecular weight is 847 g/mol. The van der Waals surface area contributed by atoms with Crippen LogP contribution < -0.4 is 10.4 Å². The van der Waals surface area contributed by atoms with Crippen molar-refractivity contribution in [2.45, 2.75) is 179 Å². The number of allylic oxidation sites excluding steroid dienone is 17. The van der Waals surface area contributed by atoms with Crippen LogP contribution in [0.15, 0.2) is 138 Å². The first kappa shape index (κ1) is 53.5. The van der Waals surface area contributed by atoms with Crippen molar-refractivity contribution in [2.75, 3.05) is 13.2 Å². The third-order valence-corrected chi connectivity index (χ3v) is 11.3. The lowest BCUT2D eigenvalue weighted by atomic mass is 10.0. The number of hydrogen-bond acceptors (Lipinski definition) is 5. The summed E-state index contributed by atoms with van der Waals surface area (Å²) in [5.74, 6) is -0.00531. The zero-order chi connectivity index (χ0) is 45.7. The van der Waals surface area contributed by atoms with Gasteiger partial charge in [-0.2, -0.15) is 0 Å². The van der Waals surface area contributed by atoms with Crippen LogP contribution in [0, 0.1) is 6.92 Å². The van der Waals surface area contributed by atoms with Crippen LogP contribution in [0.3, 0.4) is 0 Å². The molecule has 0 radical (unpaired) electrons. The Kier molecular flexibility index (Phi) is 27.0. The van der Waals surface area contributed by atoms with E-state index in [-0.39, 0.29) is 13.2 Å². The van der Waals surface area contributed by atoms with Crippen molar-refractivity contribution >= 4 is 16.9 Å². The first-order chi connectivity index (χ1) is 29.6. The molecule has 0 amide bonds. The second-order valence-electron chi connectivity index (χ2n) is 17.9. The van der Waals surface area contributed by atoms with Crippen LogP contribution in [-0.2, 0) is 9.53 Å². The highest BCUT2D eigenvalue weighted by molar-refractivity contribution is 5.81. The molecule has 0 saturated carbocycles. The Balaban J connectivity index is 1.55. The molecular weight excluding hydrogens is 765 g/mol.